The summed E-state index contributed by atoms with van der Waals surface area (Å²) >= 11 is 0. The summed E-state index contributed by atoms with van der Waals surface area (Å²) in [5.41, 5.74) is 0. The summed E-state index contributed by atoms with van der Waals surface area (Å²) < 4.78 is 0. The van der Waals surface area contributed by atoms with Crippen molar-refractivity contribution < 1.29 is 81.1 Å². The van der Waals surface area contributed by atoms with E-state index in [1.165, 1.54) is 0 Å². The van der Waals surface area contributed by atoms with E-state index in [1.807, 2.05) is 0 Å². The van der Waals surface area contributed by atoms with Crippen molar-refractivity contribution in [3.63, 3.8) is 0 Å². The van der Waals surface area contributed by atoms with Gasteiger partial charge in [0.2, 0.25) is 0 Å². The van der Waals surface area contributed by atoms with Gasteiger partial charge in [-0.1, -0.05) is 0 Å². The van der Waals surface area contributed by atoms with Crippen molar-refractivity contribution in [3.05, 3.63) is 0 Å². The topological polar surface area (TPSA) is 241 Å². The van der Waals surface area contributed by atoms with Crippen LogP contribution in [0.1, 0.15) is 0 Å². The van der Waals surface area contributed by atoms with E-state index in [1.54, 1.807) is 0 Å². The van der Waals surface area contributed by atoms with Crippen molar-refractivity contribution >= 4 is 23.9 Å². The maximum Gasteiger partial charge on any atom is 4.00 e. The molecule has 0 amide bonds. The van der Waals surface area contributed by atoms with Crippen molar-refractivity contribution in [1.82, 2.24) is 0 Å². The summed E-state index contributed by atoms with van der Waals surface area (Å²) in [5.74, 6) is -8.23. The predicted octanol–water partition coefficient (Wildman–Crippen LogP) is -9.59. The number of aliphatic hydroxyl groups is 4. The van der Waals surface area contributed by atoms with E-state index in [4.69, 9.17) is 20.4 Å². The monoisotopic (exact) mass is 480 g/mol. The van der Waals surface area contributed by atoms with Crippen LogP contribution in [-0.2, 0) is 40.2 Å². The van der Waals surface area contributed by atoms with E-state index >= 15 is 0 Å². The molecule has 0 aliphatic heterocycles. The molecule has 12 nitrogen and oxygen atoms in total. The normalized spacial score (nSPS) is 15.0. The van der Waals surface area contributed by atoms with E-state index in [0.29, 0.717) is 0 Å². The van der Waals surface area contributed by atoms with Crippen LogP contribution in [0.2, 0.25) is 0 Å². The maximum atomic E-state index is 9.63. The Morgan fingerprint density at radius 3 is 0.667 bits per heavy atom. The molecule has 0 radical (unpaired) electrons. The Morgan fingerprint density at radius 1 is 0.524 bits per heavy atom. The Hall–Kier alpha value is -1.59. The van der Waals surface area contributed by atoms with Crippen molar-refractivity contribution in [2.24, 2.45) is 0 Å². The molecule has 4 atom stereocenters. The van der Waals surface area contributed by atoms with Gasteiger partial charge in [-0.05, 0) is 0 Å². The van der Waals surface area contributed by atoms with Gasteiger partial charge in [-0.25, -0.2) is 0 Å². The van der Waals surface area contributed by atoms with Crippen molar-refractivity contribution in [3.8, 4) is 0 Å². The molecule has 0 aromatic rings. The van der Waals surface area contributed by atoms with Crippen LogP contribution in [-0.4, -0.2) is 68.7 Å². The summed E-state index contributed by atoms with van der Waals surface area (Å²) in [6.07, 6.45) is -9.76. The molecule has 4 unspecified atom stereocenters. The Morgan fingerprint density at radius 2 is 0.619 bits per heavy atom. The average molecular weight is 480 g/mol. The quantitative estimate of drug-likeness (QED) is 0.277. The second-order valence-corrected chi connectivity index (χ2v) is 3.06. The van der Waals surface area contributed by atoms with Crippen LogP contribution < -0.4 is 20.4 Å². The third-order valence-electron chi connectivity index (χ3n) is 1.56. The zero-order valence-corrected chi connectivity index (χ0v) is 12.7. The smallest absolute Gasteiger partial charge is 0.547 e. The van der Waals surface area contributed by atoms with Gasteiger partial charge < -0.3 is 60.0 Å². The zero-order chi connectivity index (χ0) is 16.6. The van der Waals surface area contributed by atoms with Gasteiger partial charge in [0.05, 0.1) is 23.9 Å². The minimum atomic E-state index is -2.44. The van der Waals surface area contributed by atoms with Gasteiger partial charge in [-0.2, -0.15) is 0 Å². The number of aliphatic hydroxyl groups excluding tert-OH is 4. The minimum absolute atomic E-state index is 0. The van der Waals surface area contributed by atoms with Crippen molar-refractivity contribution in [2.75, 3.05) is 0 Å². The first-order chi connectivity index (χ1) is 8.93. The molecular formula is C8H8O12W. The minimum Gasteiger partial charge on any atom is -0.547 e. The molecule has 0 bridgehead atoms. The summed E-state index contributed by atoms with van der Waals surface area (Å²) in [5, 5.41) is 71.5. The number of rotatable bonds is 6. The SMILES string of the molecule is O=C([O-])C(O)C(O)C(=O)[O-].O=C([O-])C(O)C(O)C(=O)[O-].[W+4]. The van der Waals surface area contributed by atoms with Gasteiger partial charge in [0.25, 0.3) is 0 Å². The molecule has 0 rings (SSSR count). The molecule has 0 heterocycles. The number of carbonyl (C=O) groups excluding carboxylic acids is 4. The summed E-state index contributed by atoms with van der Waals surface area (Å²) in [6.45, 7) is 0. The fourth-order valence-corrected chi connectivity index (χ4v) is 0.516. The van der Waals surface area contributed by atoms with Crippen LogP contribution >= 0.6 is 0 Å². The molecule has 0 spiro atoms. The van der Waals surface area contributed by atoms with Crippen molar-refractivity contribution in [2.45, 2.75) is 24.4 Å². The summed E-state index contributed by atoms with van der Waals surface area (Å²) in [7, 11) is 0. The fourth-order valence-electron chi connectivity index (χ4n) is 0.516. The molecule has 0 aliphatic rings. The summed E-state index contributed by atoms with van der Waals surface area (Å²) in [4.78, 5) is 38.5. The first kappa shape index (κ1) is 24.4. The first-order valence-electron chi connectivity index (χ1n) is 4.49. The zero-order valence-electron chi connectivity index (χ0n) is 9.77. The van der Waals surface area contributed by atoms with Gasteiger partial charge in [0.15, 0.2) is 0 Å². The molecule has 0 aliphatic carbocycles. The summed E-state index contributed by atoms with van der Waals surface area (Å²) in [6, 6.07) is 0. The third-order valence-corrected chi connectivity index (χ3v) is 1.56. The van der Waals surface area contributed by atoms with E-state index in [2.05, 4.69) is 0 Å². The maximum absolute atomic E-state index is 9.63. The molecular weight excluding hydrogens is 472 g/mol. The first-order valence-corrected chi connectivity index (χ1v) is 4.49. The second kappa shape index (κ2) is 11.1. The van der Waals surface area contributed by atoms with Crippen LogP contribution in [0.25, 0.3) is 0 Å². The largest absolute Gasteiger partial charge is 4.00 e. The number of carboxylic acid groups (broad SMARTS) is 4. The van der Waals surface area contributed by atoms with E-state index in [0.717, 1.165) is 0 Å². The van der Waals surface area contributed by atoms with Crippen LogP contribution in [0, 0.1) is 0 Å². The third kappa shape index (κ3) is 9.87. The van der Waals surface area contributed by atoms with E-state index in [9.17, 15) is 39.6 Å². The van der Waals surface area contributed by atoms with Crippen LogP contribution in [0.15, 0.2) is 0 Å². The predicted molar refractivity (Wildman–Crippen MR) is 44.1 cm³/mol. The van der Waals surface area contributed by atoms with E-state index < -0.39 is 48.3 Å². The van der Waals surface area contributed by atoms with Gasteiger partial charge in [0.1, 0.15) is 24.4 Å². The Bertz CT molecular complexity index is 309. The number of carbonyl (C=O) groups is 4. The number of hydrogen-bond donors (Lipinski definition) is 4. The molecule has 118 valence electrons. The van der Waals surface area contributed by atoms with Gasteiger partial charge >= 0.3 is 21.1 Å². The van der Waals surface area contributed by atoms with Crippen LogP contribution in [0.4, 0.5) is 0 Å². The Kier molecular flexibility index (Phi) is 12.9. The fraction of sp³-hybridized carbons (Fsp3) is 0.500. The van der Waals surface area contributed by atoms with Crippen molar-refractivity contribution in [1.29, 1.82) is 0 Å². The second-order valence-electron chi connectivity index (χ2n) is 3.06. The average Bonchev–Trinajstić information content (AvgIpc) is 2.35. The molecule has 0 aromatic carbocycles. The molecule has 13 heteroatoms. The molecule has 0 aromatic heterocycles. The number of hydrogen-bond acceptors (Lipinski definition) is 12. The Balaban J connectivity index is -0.000000295. The van der Waals surface area contributed by atoms with Gasteiger partial charge in [-0.15, -0.1) is 0 Å². The van der Waals surface area contributed by atoms with E-state index in [-0.39, 0.29) is 21.1 Å². The molecule has 21 heavy (non-hydrogen) atoms. The molecule has 0 saturated heterocycles. The van der Waals surface area contributed by atoms with Gasteiger partial charge in [-0.3, -0.25) is 0 Å². The molecule has 4 N–H and O–H groups in total. The molecule has 0 saturated carbocycles. The molecule has 0 fully saturated rings. The standard InChI is InChI=1S/2C4H6O6.W/c2*5-1(3(7)8)2(6)4(9)10;/h2*1-2,5-6H,(H,7,8)(H,9,10);/q;;+4/p-4. The van der Waals surface area contributed by atoms with Crippen LogP contribution in [0.3, 0.4) is 0 Å². The Labute approximate surface area is 130 Å². The number of carboxylic acids is 4. The van der Waals surface area contributed by atoms with Gasteiger partial charge in [0, 0.05) is 0 Å². The van der Waals surface area contributed by atoms with Crippen LogP contribution in [0.5, 0.6) is 0 Å². The number of aliphatic carboxylic acids is 4.